The first-order valence-corrected chi connectivity index (χ1v) is 13.6. The summed E-state index contributed by atoms with van der Waals surface area (Å²) in [6.07, 6.45) is 1.96. The molecule has 0 bridgehead atoms. The van der Waals surface area contributed by atoms with Crippen LogP contribution in [0.1, 0.15) is 26.2 Å². The second kappa shape index (κ2) is 9.87. The molecule has 0 spiro atoms. The van der Waals surface area contributed by atoms with Crippen LogP contribution in [0.4, 0.5) is 11.4 Å². The first kappa shape index (κ1) is 23.8. The Morgan fingerprint density at radius 1 is 1.12 bits per heavy atom. The van der Waals surface area contributed by atoms with Gasteiger partial charge in [0.15, 0.2) is 0 Å². The summed E-state index contributed by atoms with van der Waals surface area (Å²) in [7, 11) is -1.99. The van der Waals surface area contributed by atoms with Crippen molar-refractivity contribution in [1.82, 2.24) is 4.31 Å². The van der Waals surface area contributed by atoms with E-state index >= 15 is 0 Å². The van der Waals surface area contributed by atoms with Crippen LogP contribution < -0.4 is 9.80 Å². The second-order valence-corrected chi connectivity index (χ2v) is 11.7. The molecule has 9 heteroatoms. The predicted molar refractivity (Wildman–Crippen MR) is 131 cm³/mol. The lowest BCUT2D eigenvalue weighted by molar-refractivity contribution is -0.122. The van der Waals surface area contributed by atoms with E-state index in [1.165, 1.54) is 25.9 Å². The highest BCUT2D eigenvalue weighted by atomic mass is 32.2. The average Bonchev–Trinajstić information content (AvgIpc) is 2.97. The highest BCUT2D eigenvalue weighted by Crippen LogP contribution is 2.37. The molecule has 176 valence electrons. The first-order valence-electron chi connectivity index (χ1n) is 11.2. The molecule has 2 aromatic rings. The number of hydrogen-bond acceptors (Lipinski definition) is 5. The molecular formula is C24H29N3O4S2. The number of hydrogen-bond donors (Lipinski definition) is 0. The van der Waals surface area contributed by atoms with Crippen molar-refractivity contribution in [1.29, 1.82) is 0 Å². The van der Waals surface area contributed by atoms with Crippen LogP contribution in [0.2, 0.25) is 0 Å². The van der Waals surface area contributed by atoms with Crippen molar-refractivity contribution >= 4 is 45.0 Å². The molecule has 0 saturated carbocycles. The number of piperidine rings is 1. The van der Waals surface area contributed by atoms with Gasteiger partial charge in [-0.1, -0.05) is 25.1 Å². The maximum absolute atomic E-state index is 13.3. The van der Waals surface area contributed by atoms with Gasteiger partial charge in [0.2, 0.25) is 21.8 Å². The van der Waals surface area contributed by atoms with E-state index in [2.05, 4.69) is 6.92 Å². The van der Waals surface area contributed by atoms with Crippen LogP contribution in [-0.4, -0.2) is 57.0 Å². The molecule has 0 aromatic heterocycles. The SMILES string of the molecule is CC1CCN(S(=O)(=O)c2ccc3c(c2)N(CC(=O)N(C)c2ccccc2)C(=O)CCS3)CC1. The molecule has 0 atom stereocenters. The van der Waals surface area contributed by atoms with Gasteiger partial charge in [-0.2, -0.15) is 4.31 Å². The molecule has 2 aromatic carbocycles. The van der Waals surface area contributed by atoms with Crippen LogP contribution in [0.25, 0.3) is 0 Å². The summed E-state index contributed by atoms with van der Waals surface area (Å²) >= 11 is 1.51. The van der Waals surface area contributed by atoms with Crippen LogP contribution in [-0.2, 0) is 19.6 Å². The van der Waals surface area contributed by atoms with Crippen molar-refractivity contribution in [3.63, 3.8) is 0 Å². The van der Waals surface area contributed by atoms with Gasteiger partial charge in [0.25, 0.3) is 0 Å². The van der Waals surface area contributed by atoms with E-state index in [4.69, 9.17) is 0 Å². The number of amides is 2. The van der Waals surface area contributed by atoms with Gasteiger partial charge < -0.3 is 9.80 Å². The lowest BCUT2D eigenvalue weighted by Gasteiger charge is -2.30. The van der Waals surface area contributed by atoms with Crippen molar-refractivity contribution in [2.24, 2.45) is 5.92 Å². The summed E-state index contributed by atoms with van der Waals surface area (Å²) in [6.45, 7) is 2.98. The van der Waals surface area contributed by atoms with E-state index in [0.29, 0.717) is 30.4 Å². The number of nitrogens with zero attached hydrogens (tertiary/aromatic N) is 3. The molecule has 0 radical (unpaired) electrons. The molecule has 0 N–H and O–H groups in total. The lowest BCUT2D eigenvalue weighted by atomic mass is 10.0. The minimum atomic E-state index is -3.67. The largest absolute Gasteiger partial charge is 0.314 e. The highest BCUT2D eigenvalue weighted by Gasteiger charge is 2.31. The fourth-order valence-corrected chi connectivity index (χ4v) is 6.56. The van der Waals surface area contributed by atoms with Gasteiger partial charge in [0, 0.05) is 42.9 Å². The van der Waals surface area contributed by atoms with Gasteiger partial charge in [-0.25, -0.2) is 8.42 Å². The van der Waals surface area contributed by atoms with E-state index < -0.39 is 10.0 Å². The zero-order chi connectivity index (χ0) is 23.6. The van der Waals surface area contributed by atoms with Crippen LogP contribution in [0.15, 0.2) is 58.3 Å². The number of benzene rings is 2. The molecule has 7 nitrogen and oxygen atoms in total. The Bertz CT molecular complexity index is 1130. The molecule has 2 aliphatic heterocycles. The van der Waals surface area contributed by atoms with Gasteiger partial charge in [0.05, 0.1) is 10.6 Å². The van der Waals surface area contributed by atoms with Gasteiger partial charge in [-0.15, -0.1) is 11.8 Å². The normalized spacial score (nSPS) is 18.0. The van der Waals surface area contributed by atoms with Gasteiger partial charge in [-0.05, 0) is 49.1 Å². The summed E-state index contributed by atoms with van der Waals surface area (Å²) in [6, 6.07) is 14.2. The van der Waals surface area contributed by atoms with E-state index in [1.807, 2.05) is 30.3 Å². The molecule has 1 fully saturated rings. The number of para-hydroxylation sites is 1. The maximum Gasteiger partial charge on any atom is 0.246 e. The summed E-state index contributed by atoms with van der Waals surface area (Å²) in [4.78, 5) is 29.9. The number of carbonyl (C=O) groups is 2. The number of likely N-dealkylation sites (N-methyl/N-ethyl adjacent to an activating group) is 1. The fraction of sp³-hybridized carbons (Fsp3) is 0.417. The Hall–Kier alpha value is -2.36. The molecule has 2 heterocycles. The summed E-state index contributed by atoms with van der Waals surface area (Å²) in [5.74, 6) is 0.671. The second-order valence-electron chi connectivity index (χ2n) is 8.58. The minimum absolute atomic E-state index is 0.150. The monoisotopic (exact) mass is 487 g/mol. The molecule has 2 amide bonds. The van der Waals surface area contributed by atoms with Crippen LogP contribution >= 0.6 is 11.8 Å². The Balaban J connectivity index is 1.64. The first-order chi connectivity index (χ1) is 15.8. The number of rotatable bonds is 5. The standard InChI is InChI=1S/C24H29N3O4S2/c1-18-10-13-26(14-11-18)33(30,31)20-8-9-22-21(16-20)27(23(28)12-15-32-22)17-24(29)25(2)19-6-4-3-5-7-19/h3-9,16,18H,10-15,17H2,1-2H3. The number of fused-ring (bicyclic) bond motifs is 1. The smallest absolute Gasteiger partial charge is 0.246 e. The van der Waals surface area contributed by atoms with Crippen molar-refractivity contribution in [2.75, 3.05) is 42.2 Å². The van der Waals surface area contributed by atoms with E-state index in [1.54, 1.807) is 25.2 Å². The van der Waals surface area contributed by atoms with E-state index in [9.17, 15) is 18.0 Å². The third-order valence-corrected chi connectivity index (χ3v) is 9.25. The Labute approximate surface area is 199 Å². The van der Waals surface area contributed by atoms with Crippen molar-refractivity contribution in [3.8, 4) is 0 Å². The molecule has 0 unspecified atom stereocenters. The number of anilines is 2. The van der Waals surface area contributed by atoms with Gasteiger partial charge in [0.1, 0.15) is 6.54 Å². The molecule has 4 rings (SSSR count). The van der Waals surface area contributed by atoms with Crippen LogP contribution in [0, 0.1) is 5.92 Å². The quantitative estimate of drug-likeness (QED) is 0.644. The van der Waals surface area contributed by atoms with Gasteiger partial charge in [-0.3, -0.25) is 9.59 Å². The molecule has 1 saturated heterocycles. The summed E-state index contributed by atoms with van der Waals surface area (Å²) in [5, 5.41) is 0. The highest BCUT2D eigenvalue weighted by molar-refractivity contribution is 7.99. The summed E-state index contributed by atoms with van der Waals surface area (Å²) < 4.78 is 28.1. The zero-order valence-corrected chi connectivity index (χ0v) is 20.6. The summed E-state index contributed by atoms with van der Waals surface area (Å²) in [5.41, 5.74) is 1.22. The third kappa shape index (κ3) is 5.10. The number of sulfonamides is 1. The van der Waals surface area contributed by atoms with Crippen molar-refractivity contribution in [3.05, 3.63) is 48.5 Å². The van der Waals surface area contributed by atoms with Gasteiger partial charge >= 0.3 is 0 Å². The van der Waals surface area contributed by atoms with E-state index in [0.717, 1.165) is 23.4 Å². The predicted octanol–water partition coefficient (Wildman–Crippen LogP) is 3.60. The van der Waals surface area contributed by atoms with E-state index in [-0.39, 0.29) is 29.7 Å². The molecule has 33 heavy (non-hydrogen) atoms. The fourth-order valence-electron chi connectivity index (χ4n) is 4.09. The Morgan fingerprint density at radius 3 is 2.52 bits per heavy atom. The molecule has 0 aliphatic carbocycles. The molecular weight excluding hydrogens is 458 g/mol. The Morgan fingerprint density at radius 2 is 1.82 bits per heavy atom. The van der Waals surface area contributed by atoms with Crippen LogP contribution in [0.3, 0.4) is 0 Å². The average molecular weight is 488 g/mol. The number of thioether (sulfide) groups is 1. The zero-order valence-electron chi connectivity index (χ0n) is 18.9. The van der Waals surface area contributed by atoms with Crippen molar-refractivity contribution in [2.45, 2.75) is 36.0 Å². The maximum atomic E-state index is 13.3. The topological polar surface area (TPSA) is 78.0 Å². The minimum Gasteiger partial charge on any atom is -0.314 e. The van der Waals surface area contributed by atoms with Crippen molar-refractivity contribution < 1.29 is 18.0 Å². The Kier molecular flexibility index (Phi) is 7.11. The lowest BCUT2D eigenvalue weighted by Crippen LogP contribution is -2.42. The molecule has 2 aliphatic rings. The third-order valence-electron chi connectivity index (χ3n) is 6.29. The van der Waals surface area contributed by atoms with Crippen LogP contribution in [0.5, 0.6) is 0 Å². The number of carbonyl (C=O) groups excluding carboxylic acids is 2.